The number of pyridine rings is 1. The first-order chi connectivity index (χ1) is 9.33. The van der Waals surface area contributed by atoms with Crippen molar-refractivity contribution in [3.05, 3.63) is 29.4 Å². The van der Waals surface area contributed by atoms with Crippen LogP contribution in [0.2, 0.25) is 0 Å². The van der Waals surface area contributed by atoms with Crippen LogP contribution in [-0.2, 0) is 11.8 Å². The average molecular weight is 275 g/mol. The molecule has 0 saturated carbocycles. The Morgan fingerprint density at radius 2 is 2.15 bits per heavy atom. The number of nitrogens with zero attached hydrogens (tertiary/aromatic N) is 4. The van der Waals surface area contributed by atoms with Gasteiger partial charge in [-0.1, -0.05) is 0 Å². The van der Waals surface area contributed by atoms with Gasteiger partial charge in [-0.25, -0.2) is 4.79 Å². The molecule has 2 aromatic heterocycles. The van der Waals surface area contributed by atoms with Crippen LogP contribution in [0, 0.1) is 0 Å². The zero-order chi connectivity index (χ0) is 14.9. The maximum atomic E-state index is 12.2. The number of nitrogens with two attached hydrogens (primary N) is 1. The number of hydrogen-bond acceptors (Lipinski definition) is 6. The third kappa shape index (κ3) is 2.61. The maximum Gasteiger partial charge on any atom is 0.361 e. The summed E-state index contributed by atoms with van der Waals surface area (Å²) in [4.78, 5) is 16.4. The Morgan fingerprint density at radius 3 is 2.75 bits per heavy atom. The summed E-state index contributed by atoms with van der Waals surface area (Å²) < 4.78 is 6.86. The maximum absolute atomic E-state index is 12.2. The van der Waals surface area contributed by atoms with Gasteiger partial charge >= 0.3 is 5.97 Å². The number of fused-ring (bicyclic) bond motifs is 1. The number of carbonyl (C=O) groups is 1. The number of rotatable bonds is 1. The first-order valence-electron chi connectivity index (χ1n) is 6.13. The van der Waals surface area contributed by atoms with E-state index in [1.54, 1.807) is 44.8 Å². The van der Waals surface area contributed by atoms with E-state index in [1.807, 2.05) is 6.07 Å². The highest BCUT2D eigenvalue weighted by molar-refractivity contribution is 5.90. The van der Waals surface area contributed by atoms with E-state index in [1.165, 1.54) is 0 Å². The molecule has 2 aromatic rings. The predicted octanol–water partition coefficient (Wildman–Crippen LogP) is 0.698. The molecule has 0 atom stereocenters. The second-order valence-electron chi connectivity index (χ2n) is 5.32. The minimum absolute atomic E-state index is 0.0520. The molecule has 106 valence electrons. The van der Waals surface area contributed by atoms with E-state index in [4.69, 9.17) is 10.6 Å². The van der Waals surface area contributed by atoms with Crippen LogP contribution in [0.3, 0.4) is 0 Å². The van der Waals surface area contributed by atoms with Gasteiger partial charge in [0.1, 0.15) is 16.5 Å². The molecule has 0 radical (unpaired) electrons. The molecule has 0 aromatic carbocycles. The molecule has 0 unspecified atom stereocenters. The van der Waals surface area contributed by atoms with Gasteiger partial charge in [-0.15, -0.1) is 0 Å². The topological polar surface area (TPSA) is 95.4 Å². The Morgan fingerprint density at radius 1 is 1.45 bits per heavy atom. The van der Waals surface area contributed by atoms with Crippen LogP contribution in [0.4, 0.5) is 0 Å². The molecule has 0 amide bonds. The van der Waals surface area contributed by atoms with Crippen LogP contribution >= 0.6 is 0 Å². The molecule has 2 rings (SSSR count). The Labute approximate surface area is 116 Å². The first kappa shape index (κ1) is 14.0. The number of hydrogen-bond donors (Lipinski definition) is 1. The Bertz CT molecular complexity index is 728. The molecule has 7 nitrogen and oxygen atoms in total. The summed E-state index contributed by atoms with van der Waals surface area (Å²) >= 11 is 0. The van der Waals surface area contributed by atoms with Gasteiger partial charge in [-0.05, 0) is 32.9 Å². The highest BCUT2D eigenvalue weighted by atomic mass is 16.6. The van der Waals surface area contributed by atoms with Gasteiger partial charge in [0, 0.05) is 13.2 Å². The van der Waals surface area contributed by atoms with Crippen LogP contribution < -0.4 is 11.2 Å². The smallest absolute Gasteiger partial charge is 0.361 e. The fourth-order valence-corrected chi connectivity index (χ4v) is 1.79. The first-order valence-corrected chi connectivity index (χ1v) is 6.13. The van der Waals surface area contributed by atoms with E-state index in [0.717, 1.165) is 5.52 Å². The number of esters is 1. The zero-order valence-corrected chi connectivity index (χ0v) is 11.9. The van der Waals surface area contributed by atoms with Crippen LogP contribution in [0.5, 0.6) is 0 Å². The highest BCUT2D eigenvalue weighted by Gasteiger charge is 2.22. The van der Waals surface area contributed by atoms with Gasteiger partial charge in [-0.2, -0.15) is 10.2 Å². The summed E-state index contributed by atoms with van der Waals surface area (Å²) in [6.45, 7) is 5.34. The molecular weight excluding hydrogens is 258 g/mol. The van der Waals surface area contributed by atoms with E-state index < -0.39 is 11.6 Å². The molecule has 0 aliphatic carbocycles. The summed E-state index contributed by atoms with van der Waals surface area (Å²) in [5, 5.41) is 8.07. The van der Waals surface area contributed by atoms with Crippen molar-refractivity contribution in [2.24, 2.45) is 18.0 Å². The largest absolute Gasteiger partial charge is 0.455 e. The lowest BCUT2D eigenvalue weighted by molar-refractivity contribution is 0.00587. The predicted molar refractivity (Wildman–Crippen MR) is 73.4 cm³/mol. The molecule has 7 heteroatoms. The van der Waals surface area contributed by atoms with E-state index >= 15 is 0 Å². The van der Waals surface area contributed by atoms with E-state index in [2.05, 4.69) is 15.2 Å². The molecule has 0 aliphatic heterocycles. The minimum Gasteiger partial charge on any atom is -0.455 e. The Hall–Kier alpha value is -2.44. The van der Waals surface area contributed by atoms with Gasteiger partial charge in [-0.3, -0.25) is 9.67 Å². The van der Waals surface area contributed by atoms with Crippen molar-refractivity contribution in [1.82, 2.24) is 14.8 Å². The summed E-state index contributed by atoms with van der Waals surface area (Å²) in [7, 11) is 1.72. The lowest BCUT2D eigenvalue weighted by atomic mass is 10.2. The lowest BCUT2D eigenvalue weighted by Crippen LogP contribution is -2.31. The Kier molecular flexibility index (Phi) is 3.44. The normalized spacial score (nSPS) is 12.7. The van der Waals surface area contributed by atoms with E-state index in [9.17, 15) is 4.79 Å². The quantitative estimate of drug-likeness (QED) is 0.469. The SMILES string of the molecule is Cn1nc(C(=O)OC(C)(C)C)/c(=N/N)c2ncccc21. The Balaban J connectivity index is 2.69. The highest BCUT2D eigenvalue weighted by Crippen LogP contribution is 2.11. The molecule has 2 N–H and O–H groups in total. The molecule has 2 heterocycles. The van der Waals surface area contributed by atoms with Gasteiger partial charge < -0.3 is 10.6 Å². The van der Waals surface area contributed by atoms with Crippen molar-refractivity contribution in [2.45, 2.75) is 26.4 Å². The van der Waals surface area contributed by atoms with E-state index in [-0.39, 0.29) is 11.1 Å². The van der Waals surface area contributed by atoms with Gasteiger partial charge in [0.2, 0.25) is 0 Å². The van der Waals surface area contributed by atoms with Gasteiger partial charge in [0.05, 0.1) is 5.52 Å². The zero-order valence-electron chi connectivity index (χ0n) is 11.9. The molecule has 0 saturated heterocycles. The van der Waals surface area contributed by atoms with Crippen molar-refractivity contribution in [3.63, 3.8) is 0 Å². The summed E-state index contributed by atoms with van der Waals surface area (Å²) in [6, 6.07) is 3.60. The number of carbonyl (C=O) groups excluding carboxylic acids is 1. The van der Waals surface area contributed by atoms with Crippen molar-refractivity contribution in [2.75, 3.05) is 0 Å². The van der Waals surface area contributed by atoms with Crippen molar-refractivity contribution in [1.29, 1.82) is 0 Å². The number of aromatic nitrogens is 3. The van der Waals surface area contributed by atoms with Crippen LogP contribution in [0.1, 0.15) is 31.3 Å². The molecule has 0 aliphatic rings. The summed E-state index contributed by atoms with van der Waals surface area (Å²) in [6.07, 6.45) is 1.61. The third-order valence-corrected chi connectivity index (χ3v) is 2.55. The van der Waals surface area contributed by atoms with Crippen molar-refractivity contribution >= 4 is 17.0 Å². The number of aryl methyl sites for hydroxylation is 1. The molecule has 0 bridgehead atoms. The molecule has 0 spiro atoms. The van der Waals surface area contributed by atoms with E-state index in [0.29, 0.717) is 5.52 Å². The second kappa shape index (κ2) is 4.92. The lowest BCUT2D eigenvalue weighted by Gasteiger charge is -2.19. The van der Waals surface area contributed by atoms with Crippen LogP contribution in [-0.4, -0.2) is 26.3 Å². The summed E-state index contributed by atoms with van der Waals surface area (Å²) in [5.74, 6) is 4.82. The monoisotopic (exact) mass is 275 g/mol. The average Bonchev–Trinajstić information content (AvgIpc) is 2.36. The van der Waals surface area contributed by atoms with Crippen LogP contribution in [0.15, 0.2) is 23.4 Å². The summed E-state index contributed by atoms with van der Waals surface area (Å²) in [5.41, 5.74) is 0.663. The molecule has 20 heavy (non-hydrogen) atoms. The van der Waals surface area contributed by atoms with Crippen molar-refractivity contribution < 1.29 is 9.53 Å². The van der Waals surface area contributed by atoms with Crippen molar-refractivity contribution in [3.8, 4) is 0 Å². The van der Waals surface area contributed by atoms with Gasteiger partial charge in [0.25, 0.3) is 0 Å². The molecular formula is C13H17N5O2. The number of ether oxygens (including phenoxy) is 1. The molecule has 0 fully saturated rings. The second-order valence-corrected chi connectivity index (χ2v) is 5.32. The van der Waals surface area contributed by atoms with Crippen LogP contribution in [0.25, 0.3) is 11.0 Å². The minimum atomic E-state index is -0.623. The third-order valence-electron chi connectivity index (χ3n) is 2.55. The fourth-order valence-electron chi connectivity index (χ4n) is 1.79. The van der Waals surface area contributed by atoms with Gasteiger partial charge in [0.15, 0.2) is 5.69 Å². The standard InChI is InChI=1S/C13H17N5O2/c1-13(2,3)20-12(19)11-10(16-14)9-8(18(4)17-11)6-5-7-15-9/h5-7H,14H2,1-4H3/b16-10+. The fraction of sp³-hybridized carbons (Fsp3) is 0.385.